The minimum atomic E-state index is -0.673. The van der Waals surface area contributed by atoms with Gasteiger partial charge in [-0.3, -0.25) is 4.79 Å². The van der Waals surface area contributed by atoms with Gasteiger partial charge in [0.15, 0.2) is 0 Å². The standard InChI is InChI=1S/C14H14BrNO2/c1-16-12-4-2-8(14(17)18)6-10(12)11-7-9(15)3-5-13(11)16/h3,5,7-8H,2,4,6H2,1H3,(H,17,18). The van der Waals surface area contributed by atoms with Crippen molar-refractivity contribution in [2.45, 2.75) is 19.3 Å². The highest BCUT2D eigenvalue weighted by atomic mass is 79.9. The van der Waals surface area contributed by atoms with Crippen molar-refractivity contribution in [1.29, 1.82) is 0 Å². The number of hydrogen-bond acceptors (Lipinski definition) is 1. The quantitative estimate of drug-likeness (QED) is 0.879. The molecule has 94 valence electrons. The minimum Gasteiger partial charge on any atom is -0.481 e. The Hall–Kier alpha value is -1.29. The molecule has 1 aliphatic rings. The highest BCUT2D eigenvalue weighted by molar-refractivity contribution is 9.10. The van der Waals surface area contributed by atoms with E-state index >= 15 is 0 Å². The Labute approximate surface area is 114 Å². The van der Waals surface area contributed by atoms with Crippen LogP contribution in [0.1, 0.15) is 17.7 Å². The molecule has 3 nitrogen and oxygen atoms in total. The molecular formula is C14H14BrNO2. The number of carboxylic acids is 1. The van der Waals surface area contributed by atoms with Crippen molar-refractivity contribution in [3.05, 3.63) is 33.9 Å². The number of aliphatic carboxylic acids is 1. The van der Waals surface area contributed by atoms with Crippen LogP contribution >= 0.6 is 15.9 Å². The second-order valence-corrected chi connectivity index (χ2v) is 5.84. The molecule has 0 bridgehead atoms. The number of carbonyl (C=O) groups is 1. The smallest absolute Gasteiger partial charge is 0.306 e. The maximum atomic E-state index is 11.2. The molecule has 0 saturated carbocycles. The lowest BCUT2D eigenvalue weighted by Gasteiger charge is -2.19. The molecule has 2 aromatic rings. The van der Waals surface area contributed by atoms with E-state index in [1.54, 1.807) is 0 Å². The second-order valence-electron chi connectivity index (χ2n) is 4.92. The molecule has 0 amide bonds. The summed E-state index contributed by atoms with van der Waals surface area (Å²) in [5.41, 5.74) is 3.70. The van der Waals surface area contributed by atoms with E-state index in [9.17, 15) is 9.90 Å². The second kappa shape index (κ2) is 4.12. The van der Waals surface area contributed by atoms with E-state index in [4.69, 9.17) is 0 Å². The van der Waals surface area contributed by atoms with E-state index in [1.807, 2.05) is 6.07 Å². The zero-order valence-electron chi connectivity index (χ0n) is 10.1. The van der Waals surface area contributed by atoms with E-state index in [2.05, 4.69) is 39.7 Å². The van der Waals surface area contributed by atoms with Crippen molar-refractivity contribution in [3.63, 3.8) is 0 Å². The molecule has 0 saturated heterocycles. The molecule has 1 heterocycles. The zero-order chi connectivity index (χ0) is 12.9. The number of halogens is 1. The van der Waals surface area contributed by atoms with Gasteiger partial charge in [0.1, 0.15) is 0 Å². The predicted octanol–water partition coefficient (Wildman–Crippen LogP) is 3.13. The summed E-state index contributed by atoms with van der Waals surface area (Å²) in [6, 6.07) is 6.22. The lowest BCUT2D eigenvalue weighted by molar-refractivity contribution is -0.142. The van der Waals surface area contributed by atoms with Crippen LogP contribution in [0.15, 0.2) is 22.7 Å². The SMILES string of the molecule is Cn1c2c(c3cc(Br)ccc31)CC(C(=O)O)CC2. The Morgan fingerprint density at radius 2 is 2.28 bits per heavy atom. The summed E-state index contributed by atoms with van der Waals surface area (Å²) in [6.07, 6.45) is 2.25. The molecular weight excluding hydrogens is 294 g/mol. The van der Waals surface area contributed by atoms with Crippen LogP contribution in [0, 0.1) is 5.92 Å². The van der Waals surface area contributed by atoms with E-state index in [-0.39, 0.29) is 5.92 Å². The van der Waals surface area contributed by atoms with Crippen molar-refractivity contribution in [1.82, 2.24) is 4.57 Å². The number of aryl methyl sites for hydroxylation is 1. The summed E-state index contributed by atoms with van der Waals surface area (Å²) < 4.78 is 3.25. The van der Waals surface area contributed by atoms with Gasteiger partial charge in [0.2, 0.25) is 0 Å². The van der Waals surface area contributed by atoms with Crippen LogP contribution in [0.3, 0.4) is 0 Å². The number of rotatable bonds is 1. The molecule has 4 heteroatoms. The largest absolute Gasteiger partial charge is 0.481 e. The van der Waals surface area contributed by atoms with E-state index < -0.39 is 5.97 Å². The first kappa shape index (κ1) is 11.8. The van der Waals surface area contributed by atoms with Crippen molar-refractivity contribution in [3.8, 4) is 0 Å². The molecule has 0 fully saturated rings. The third-order valence-electron chi connectivity index (χ3n) is 3.93. The molecule has 1 unspecified atom stereocenters. The van der Waals surface area contributed by atoms with Gasteiger partial charge in [-0.25, -0.2) is 0 Å². The van der Waals surface area contributed by atoms with Crippen LogP contribution in [-0.4, -0.2) is 15.6 Å². The third-order valence-corrected chi connectivity index (χ3v) is 4.42. The van der Waals surface area contributed by atoms with Crippen LogP contribution < -0.4 is 0 Å². The lowest BCUT2D eigenvalue weighted by Crippen LogP contribution is -2.22. The fourth-order valence-electron chi connectivity index (χ4n) is 2.96. The van der Waals surface area contributed by atoms with Crippen molar-refractivity contribution in [2.24, 2.45) is 13.0 Å². The van der Waals surface area contributed by atoms with Crippen LogP contribution in [-0.2, 0) is 24.7 Å². The Bertz CT molecular complexity index is 645. The molecule has 1 aliphatic carbocycles. The number of benzene rings is 1. The van der Waals surface area contributed by atoms with Crippen LogP contribution in [0.25, 0.3) is 10.9 Å². The summed E-state index contributed by atoms with van der Waals surface area (Å²) in [5.74, 6) is -0.908. The van der Waals surface area contributed by atoms with E-state index in [0.717, 1.165) is 17.3 Å². The molecule has 0 aliphatic heterocycles. The Balaban J connectivity index is 2.20. The van der Waals surface area contributed by atoms with Crippen molar-refractivity contribution in [2.75, 3.05) is 0 Å². The molecule has 1 aromatic carbocycles. The number of carboxylic acid groups (broad SMARTS) is 1. The topological polar surface area (TPSA) is 42.2 Å². The lowest BCUT2D eigenvalue weighted by atomic mass is 9.86. The van der Waals surface area contributed by atoms with Gasteiger partial charge in [0, 0.05) is 28.1 Å². The monoisotopic (exact) mass is 307 g/mol. The zero-order valence-corrected chi connectivity index (χ0v) is 11.7. The Morgan fingerprint density at radius 3 is 3.00 bits per heavy atom. The normalized spacial score (nSPS) is 18.9. The van der Waals surface area contributed by atoms with Crippen LogP contribution in [0.2, 0.25) is 0 Å². The van der Waals surface area contributed by atoms with Gasteiger partial charge < -0.3 is 9.67 Å². The molecule has 0 radical (unpaired) electrons. The van der Waals surface area contributed by atoms with Gasteiger partial charge in [0.05, 0.1) is 5.92 Å². The van der Waals surface area contributed by atoms with Gasteiger partial charge in [0.25, 0.3) is 0 Å². The highest BCUT2D eigenvalue weighted by Gasteiger charge is 2.28. The average Bonchev–Trinajstić information content (AvgIpc) is 2.62. The van der Waals surface area contributed by atoms with Crippen LogP contribution in [0.4, 0.5) is 0 Å². The summed E-state index contributed by atoms with van der Waals surface area (Å²) in [6.45, 7) is 0. The first-order valence-corrected chi connectivity index (χ1v) is 6.85. The van der Waals surface area contributed by atoms with Crippen LogP contribution in [0.5, 0.6) is 0 Å². The average molecular weight is 308 g/mol. The maximum Gasteiger partial charge on any atom is 0.306 e. The molecule has 1 N–H and O–H groups in total. The number of hydrogen-bond donors (Lipinski definition) is 1. The summed E-state index contributed by atoms with van der Waals surface area (Å²) >= 11 is 3.49. The molecule has 18 heavy (non-hydrogen) atoms. The first-order valence-electron chi connectivity index (χ1n) is 6.06. The molecule has 1 atom stereocenters. The van der Waals surface area contributed by atoms with Crippen molar-refractivity contribution < 1.29 is 9.90 Å². The van der Waals surface area contributed by atoms with E-state index in [0.29, 0.717) is 6.42 Å². The van der Waals surface area contributed by atoms with Gasteiger partial charge in [-0.15, -0.1) is 0 Å². The van der Waals surface area contributed by atoms with Gasteiger partial charge >= 0.3 is 5.97 Å². The summed E-state index contributed by atoms with van der Waals surface area (Å²) in [4.78, 5) is 11.2. The Morgan fingerprint density at radius 1 is 1.50 bits per heavy atom. The fraction of sp³-hybridized carbons (Fsp3) is 0.357. The Kier molecular flexibility index (Phi) is 2.70. The highest BCUT2D eigenvalue weighted by Crippen LogP contribution is 2.35. The maximum absolute atomic E-state index is 11.2. The molecule has 3 rings (SSSR count). The van der Waals surface area contributed by atoms with Gasteiger partial charge in [-0.2, -0.15) is 0 Å². The van der Waals surface area contributed by atoms with Crippen molar-refractivity contribution >= 4 is 32.8 Å². The fourth-order valence-corrected chi connectivity index (χ4v) is 3.32. The molecule has 1 aromatic heterocycles. The third kappa shape index (κ3) is 1.67. The first-order chi connectivity index (χ1) is 8.58. The number of fused-ring (bicyclic) bond motifs is 3. The summed E-state index contributed by atoms with van der Waals surface area (Å²) in [5, 5.41) is 10.4. The van der Waals surface area contributed by atoms with E-state index in [1.165, 1.54) is 22.2 Å². The van der Waals surface area contributed by atoms with Gasteiger partial charge in [-0.1, -0.05) is 15.9 Å². The summed E-state index contributed by atoms with van der Waals surface area (Å²) in [7, 11) is 2.07. The number of nitrogens with zero attached hydrogens (tertiary/aromatic N) is 1. The molecule has 0 spiro atoms. The van der Waals surface area contributed by atoms with Gasteiger partial charge in [-0.05, 0) is 43.0 Å². The minimum absolute atomic E-state index is 0.234. The number of aromatic nitrogens is 1. The predicted molar refractivity (Wildman–Crippen MR) is 73.8 cm³/mol.